The van der Waals surface area contributed by atoms with Crippen LogP contribution in [0.15, 0.2) is 18.5 Å². The molecule has 1 aromatic heterocycles. The molecule has 6 nitrogen and oxygen atoms in total. The van der Waals surface area contributed by atoms with E-state index in [4.69, 9.17) is 4.74 Å². The van der Waals surface area contributed by atoms with Crippen LogP contribution in [0.3, 0.4) is 0 Å². The lowest BCUT2D eigenvalue weighted by molar-refractivity contribution is -0.137. The van der Waals surface area contributed by atoms with Crippen molar-refractivity contribution in [2.75, 3.05) is 24.5 Å². The number of nitrogens with zero attached hydrogens (tertiary/aromatic N) is 3. The highest BCUT2D eigenvalue weighted by Crippen LogP contribution is 2.45. The Balaban J connectivity index is 1.72. The molecule has 0 aromatic carbocycles. The van der Waals surface area contributed by atoms with Gasteiger partial charge in [0.25, 0.3) is 0 Å². The summed E-state index contributed by atoms with van der Waals surface area (Å²) in [5.41, 5.74) is -2.09. The van der Waals surface area contributed by atoms with Gasteiger partial charge >= 0.3 is 12.3 Å². The minimum absolute atomic E-state index is 0.154. The minimum atomic E-state index is -4.58. The Labute approximate surface area is 161 Å². The molecule has 1 aromatic rings. The van der Waals surface area contributed by atoms with Gasteiger partial charge in [0.05, 0.1) is 11.3 Å². The van der Waals surface area contributed by atoms with Crippen LogP contribution in [-0.2, 0) is 15.7 Å². The molecule has 28 heavy (non-hydrogen) atoms. The van der Waals surface area contributed by atoms with Gasteiger partial charge in [-0.3, -0.25) is 9.78 Å². The fourth-order valence-electron chi connectivity index (χ4n) is 3.78. The van der Waals surface area contributed by atoms with Crippen LogP contribution >= 0.6 is 0 Å². The molecule has 2 fully saturated rings. The maximum absolute atomic E-state index is 13.3. The number of hydrogen-bond donors (Lipinski definition) is 0. The third-order valence-electron chi connectivity index (χ3n) is 5.19. The number of ether oxygens (including phenoxy) is 1. The van der Waals surface area contributed by atoms with Gasteiger partial charge in [-0.1, -0.05) is 0 Å². The molecule has 0 aliphatic carbocycles. The van der Waals surface area contributed by atoms with Gasteiger partial charge in [-0.25, -0.2) is 4.79 Å². The highest BCUT2D eigenvalue weighted by Gasteiger charge is 2.48. The second-order valence-corrected chi connectivity index (χ2v) is 8.51. The summed E-state index contributed by atoms with van der Waals surface area (Å²) in [6.07, 6.45) is -1.72. The van der Waals surface area contributed by atoms with Crippen LogP contribution in [0.25, 0.3) is 0 Å². The number of anilines is 1. The number of amides is 2. The third-order valence-corrected chi connectivity index (χ3v) is 5.19. The summed E-state index contributed by atoms with van der Waals surface area (Å²) in [5, 5.41) is 0. The van der Waals surface area contributed by atoms with Crippen LogP contribution in [0, 0.1) is 5.41 Å². The first-order chi connectivity index (χ1) is 12.9. The SMILES string of the molecule is CC(C)(C)OC(=O)N1CCC2(CC1)CC(=O)N(c1ccncc1C(F)(F)F)C2. The Morgan fingerprint density at radius 2 is 1.86 bits per heavy atom. The molecular weight excluding hydrogens is 375 g/mol. The number of likely N-dealkylation sites (tertiary alicyclic amines) is 1. The molecule has 3 heterocycles. The quantitative estimate of drug-likeness (QED) is 0.720. The Morgan fingerprint density at radius 1 is 1.21 bits per heavy atom. The van der Waals surface area contributed by atoms with Crippen molar-refractivity contribution in [2.24, 2.45) is 5.41 Å². The number of hydrogen-bond acceptors (Lipinski definition) is 4. The van der Waals surface area contributed by atoms with Gasteiger partial charge in [0.1, 0.15) is 5.60 Å². The fraction of sp³-hybridized carbons (Fsp3) is 0.632. The number of rotatable bonds is 1. The van der Waals surface area contributed by atoms with E-state index in [0.717, 1.165) is 6.20 Å². The first kappa shape index (κ1) is 20.4. The van der Waals surface area contributed by atoms with Crippen molar-refractivity contribution in [3.05, 3.63) is 24.0 Å². The van der Waals surface area contributed by atoms with Crippen LogP contribution in [-0.4, -0.2) is 47.1 Å². The van der Waals surface area contributed by atoms with Crippen molar-refractivity contribution < 1.29 is 27.5 Å². The number of halogens is 3. The van der Waals surface area contributed by atoms with E-state index >= 15 is 0 Å². The van der Waals surface area contributed by atoms with E-state index in [2.05, 4.69) is 4.98 Å². The normalized spacial score (nSPS) is 20.0. The molecule has 0 bridgehead atoms. The summed E-state index contributed by atoms with van der Waals surface area (Å²) in [6.45, 7) is 6.41. The Kier molecular flexibility index (Phi) is 5.05. The summed E-state index contributed by atoms with van der Waals surface area (Å²) in [5.74, 6) is -0.331. The van der Waals surface area contributed by atoms with E-state index < -0.39 is 28.8 Å². The van der Waals surface area contributed by atoms with Gasteiger partial charge in [-0.05, 0) is 39.7 Å². The lowest BCUT2D eigenvalue weighted by Gasteiger charge is -2.39. The first-order valence-corrected chi connectivity index (χ1v) is 9.20. The predicted molar refractivity (Wildman–Crippen MR) is 95.7 cm³/mol. The van der Waals surface area contributed by atoms with Crippen LogP contribution in [0.4, 0.5) is 23.7 Å². The van der Waals surface area contributed by atoms with E-state index in [9.17, 15) is 22.8 Å². The summed E-state index contributed by atoms with van der Waals surface area (Å²) in [7, 11) is 0. The monoisotopic (exact) mass is 399 g/mol. The number of aromatic nitrogens is 1. The largest absolute Gasteiger partial charge is 0.444 e. The van der Waals surface area contributed by atoms with Crippen LogP contribution in [0.5, 0.6) is 0 Å². The molecule has 0 saturated carbocycles. The smallest absolute Gasteiger partial charge is 0.419 e. The summed E-state index contributed by atoms with van der Waals surface area (Å²) in [6, 6.07) is 1.23. The Bertz CT molecular complexity index is 766. The summed E-state index contributed by atoms with van der Waals surface area (Å²) in [4.78, 5) is 31.1. The molecule has 0 radical (unpaired) electrons. The maximum Gasteiger partial charge on any atom is 0.419 e. The number of carbonyl (C=O) groups is 2. The zero-order valence-corrected chi connectivity index (χ0v) is 16.2. The van der Waals surface area contributed by atoms with Crippen molar-refractivity contribution >= 4 is 17.7 Å². The molecule has 9 heteroatoms. The highest BCUT2D eigenvalue weighted by atomic mass is 19.4. The Morgan fingerprint density at radius 3 is 2.43 bits per heavy atom. The average molecular weight is 399 g/mol. The van der Waals surface area contributed by atoms with Crippen molar-refractivity contribution in [3.8, 4) is 0 Å². The summed E-state index contributed by atoms with van der Waals surface area (Å²) < 4.78 is 45.3. The van der Waals surface area contributed by atoms with Crippen molar-refractivity contribution in [3.63, 3.8) is 0 Å². The van der Waals surface area contributed by atoms with Gasteiger partial charge in [0.2, 0.25) is 5.91 Å². The molecule has 2 aliphatic rings. The molecule has 0 atom stereocenters. The van der Waals surface area contributed by atoms with Crippen molar-refractivity contribution in [2.45, 2.75) is 51.8 Å². The zero-order valence-electron chi connectivity index (χ0n) is 16.2. The zero-order chi connectivity index (χ0) is 20.7. The van der Waals surface area contributed by atoms with E-state index in [1.54, 1.807) is 25.7 Å². The highest BCUT2D eigenvalue weighted by molar-refractivity contribution is 5.97. The van der Waals surface area contributed by atoms with E-state index in [1.165, 1.54) is 17.2 Å². The average Bonchev–Trinajstić information content (AvgIpc) is 2.89. The number of pyridine rings is 1. The molecule has 154 valence electrons. The van der Waals surface area contributed by atoms with E-state index in [0.29, 0.717) is 25.9 Å². The van der Waals surface area contributed by atoms with Gasteiger partial charge in [-0.15, -0.1) is 0 Å². The van der Waals surface area contributed by atoms with E-state index in [-0.39, 0.29) is 24.6 Å². The lowest BCUT2D eigenvalue weighted by Crippen LogP contribution is -2.46. The first-order valence-electron chi connectivity index (χ1n) is 9.20. The molecule has 2 aliphatic heterocycles. The molecule has 1 spiro atoms. The number of piperidine rings is 1. The van der Waals surface area contributed by atoms with Crippen LogP contribution in [0.2, 0.25) is 0 Å². The van der Waals surface area contributed by atoms with E-state index in [1.807, 2.05) is 0 Å². The van der Waals surface area contributed by atoms with Gasteiger partial charge < -0.3 is 14.5 Å². The molecule has 0 unspecified atom stereocenters. The standard InChI is InChI=1S/C19H24F3N3O3/c1-17(2,3)28-16(27)24-8-5-18(6-9-24)10-15(26)25(12-18)14-4-7-23-11-13(14)19(20,21)22/h4,7,11H,5-6,8-10,12H2,1-3H3. The van der Waals surface area contributed by atoms with Gasteiger partial charge in [0.15, 0.2) is 0 Å². The summed E-state index contributed by atoms with van der Waals surface area (Å²) >= 11 is 0. The second kappa shape index (κ2) is 6.93. The topological polar surface area (TPSA) is 62.7 Å². The van der Waals surface area contributed by atoms with Gasteiger partial charge in [-0.2, -0.15) is 13.2 Å². The minimum Gasteiger partial charge on any atom is -0.444 e. The number of alkyl halides is 3. The van der Waals surface area contributed by atoms with Crippen LogP contribution in [0.1, 0.15) is 45.6 Å². The van der Waals surface area contributed by atoms with Gasteiger partial charge in [0, 0.05) is 43.9 Å². The molecule has 2 amide bonds. The van der Waals surface area contributed by atoms with Crippen molar-refractivity contribution in [1.29, 1.82) is 0 Å². The third kappa shape index (κ3) is 4.23. The molecule has 3 rings (SSSR count). The molecule has 2 saturated heterocycles. The van der Waals surface area contributed by atoms with Crippen LogP contribution < -0.4 is 4.90 Å². The second-order valence-electron chi connectivity index (χ2n) is 8.51. The lowest BCUT2D eigenvalue weighted by atomic mass is 9.78. The molecule has 0 N–H and O–H groups in total. The fourth-order valence-corrected chi connectivity index (χ4v) is 3.78. The van der Waals surface area contributed by atoms with Crippen molar-refractivity contribution in [1.82, 2.24) is 9.88 Å². The Hall–Kier alpha value is -2.32. The molecular formula is C19H24F3N3O3. The number of carbonyl (C=O) groups excluding carboxylic acids is 2. The maximum atomic E-state index is 13.3. The predicted octanol–water partition coefficient (Wildman–Crippen LogP) is 3.85.